The first-order valence-corrected chi connectivity index (χ1v) is 8.35. The van der Waals surface area contributed by atoms with Gasteiger partial charge in [0.2, 0.25) is 10.0 Å². The monoisotopic (exact) mass is 274 g/mol. The maximum absolute atomic E-state index is 11.7. The van der Waals surface area contributed by atoms with Crippen molar-refractivity contribution in [2.45, 2.75) is 25.3 Å². The molecule has 1 fully saturated rings. The maximum atomic E-state index is 11.7. The van der Waals surface area contributed by atoms with E-state index in [1.165, 1.54) is 0 Å². The van der Waals surface area contributed by atoms with Gasteiger partial charge >= 0.3 is 0 Å². The van der Waals surface area contributed by atoms with Crippen LogP contribution in [0.15, 0.2) is 17.5 Å². The molecule has 1 aromatic rings. The first-order valence-electron chi connectivity index (χ1n) is 5.82. The van der Waals surface area contributed by atoms with Crippen LogP contribution in [-0.2, 0) is 16.4 Å². The third kappa shape index (κ3) is 4.39. The molecular weight excluding hydrogens is 256 g/mol. The highest BCUT2D eigenvalue weighted by molar-refractivity contribution is 7.89. The molecule has 2 rings (SSSR count). The lowest BCUT2D eigenvalue weighted by molar-refractivity contribution is 0.547. The molecule has 0 amide bonds. The predicted octanol–water partition coefficient (Wildman–Crippen LogP) is 0.947. The predicted molar refractivity (Wildman–Crippen MR) is 70.5 cm³/mol. The molecule has 1 aromatic heterocycles. The second-order valence-electron chi connectivity index (χ2n) is 4.50. The third-order valence-electron chi connectivity index (χ3n) is 2.96. The second kappa shape index (κ2) is 5.48. The van der Waals surface area contributed by atoms with E-state index in [0.29, 0.717) is 18.9 Å². The van der Waals surface area contributed by atoms with Gasteiger partial charge in [0.15, 0.2) is 0 Å². The van der Waals surface area contributed by atoms with E-state index < -0.39 is 10.0 Å². The molecular formula is C11H18N2O2S2. The van der Waals surface area contributed by atoms with Gasteiger partial charge in [-0.2, -0.15) is 0 Å². The van der Waals surface area contributed by atoms with E-state index in [1.807, 2.05) is 17.5 Å². The fraction of sp³-hybridized carbons (Fsp3) is 0.636. The number of hydrogen-bond donors (Lipinski definition) is 2. The molecule has 1 atom stereocenters. The summed E-state index contributed by atoms with van der Waals surface area (Å²) in [5.74, 6) is 0.667. The van der Waals surface area contributed by atoms with Crippen molar-refractivity contribution in [2.75, 3.05) is 12.3 Å². The summed E-state index contributed by atoms with van der Waals surface area (Å²) >= 11 is 1.59. The second-order valence-corrected chi connectivity index (χ2v) is 7.46. The van der Waals surface area contributed by atoms with Crippen LogP contribution in [0.25, 0.3) is 0 Å². The van der Waals surface area contributed by atoms with Gasteiger partial charge in [0.25, 0.3) is 0 Å². The summed E-state index contributed by atoms with van der Waals surface area (Å²) in [6.45, 7) is 0.372. The van der Waals surface area contributed by atoms with Gasteiger partial charge in [0.05, 0.1) is 5.75 Å². The number of aryl methyl sites for hydroxylation is 1. The zero-order valence-corrected chi connectivity index (χ0v) is 11.3. The van der Waals surface area contributed by atoms with Gasteiger partial charge in [-0.3, -0.25) is 0 Å². The van der Waals surface area contributed by atoms with Crippen LogP contribution in [0.1, 0.15) is 17.7 Å². The number of rotatable bonds is 7. The van der Waals surface area contributed by atoms with E-state index >= 15 is 0 Å². The summed E-state index contributed by atoms with van der Waals surface area (Å²) in [7, 11) is -3.18. The van der Waals surface area contributed by atoms with Crippen molar-refractivity contribution in [1.29, 1.82) is 0 Å². The summed E-state index contributed by atoms with van der Waals surface area (Å²) in [4.78, 5) is 1.10. The Kier molecular flexibility index (Phi) is 4.19. The lowest BCUT2D eigenvalue weighted by Gasteiger charge is -2.11. The minimum absolute atomic E-state index is 0.0217. The summed E-state index contributed by atoms with van der Waals surface area (Å²) in [5, 5.41) is 1.96. The van der Waals surface area contributed by atoms with Gasteiger partial charge in [0, 0.05) is 17.5 Å². The van der Waals surface area contributed by atoms with Crippen LogP contribution in [0.4, 0.5) is 0 Å². The quantitative estimate of drug-likeness (QED) is 0.777. The summed E-state index contributed by atoms with van der Waals surface area (Å²) in [6.07, 6.45) is 2.85. The molecule has 0 aromatic carbocycles. The number of hydrogen-bond acceptors (Lipinski definition) is 4. The molecule has 1 aliphatic carbocycles. The van der Waals surface area contributed by atoms with Crippen molar-refractivity contribution in [3.05, 3.63) is 22.4 Å². The lowest BCUT2D eigenvalue weighted by Crippen LogP contribution is -2.39. The molecule has 0 spiro atoms. The van der Waals surface area contributed by atoms with E-state index in [1.54, 1.807) is 11.3 Å². The van der Waals surface area contributed by atoms with Crippen LogP contribution in [0.5, 0.6) is 0 Å². The van der Waals surface area contributed by atoms with Crippen LogP contribution < -0.4 is 10.5 Å². The molecule has 17 heavy (non-hydrogen) atoms. The molecule has 1 heterocycles. The van der Waals surface area contributed by atoms with Crippen molar-refractivity contribution in [1.82, 2.24) is 4.72 Å². The Balaban J connectivity index is 1.74. The number of nitrogens with one attached hydrogen (secondary N) is 1. The van der Waals surface area contributed by atoms with E-state index in [9.17, 15) is 8.42 Å². The summed E-state index contributed by atoms with van der Waals surface area (Å²) in [6, 6.07) is 3.87. The Morgan fingerprint density at radius 1 is 1.53 bits per heavy atom. The molecule has 1 aliphatic rings. The first kappa shape index (κ1) is 13.0. The smallest absolute Gasteiger partial charge is 0.212 e. The topological polar surface area (TPSA) is 72.2 Å². The Hall–Kier alpha value is -0.430. The molecule has 4 nitrogen and oxygen atoms in total. The highest BCUT2D eigenvalue weighted by Gasteiger charge is 2.29. The summed E-state index contributed by atoms with van der Waals surface area (Å²) in [5.41, 5.74) is 5.85. The molecule has 1 saturated carbocycles. The van der Waals surface area contributed by atoms with Gasteiger partial charge in [-0.05, 0) is 36.6 Å². The molecule has 1 unspecified atom stereocenters. The highest BCUT2D eigenvalue weighted by Crippen LogP contribution is 2.31. The molecule has 96 valence electrons. The molecule has 0 aliphatic heterocycles. The highest BCUT2D eigenvalue weighted by atomic mass is 32.2. The van der Waals surface area contributed by atoms with E-state index in [0.717, 1.165) is 17.7 Å². The number of nitrogens with two attached hydrogens (primary N) is 1. The average molecular weight is 274 g/mol. The Morgan fingerprint density at radius 3 is 2.88 bits per heavy atom. The Morgan fingerprint density at radius 2 is 2.29 bits per heavy atom. The minimum Gasteiger partial charge on any atom is -0.326 e. The average Bonchev–Trinajstić information content (AvgIpc) is 3.01. The van der Waals surface area contributed by atoms with Crippen LogP contribution >= 0.6 is 11.3 Å². The van der Waals surface area contributed by atoms with Crippen LogP contribution in [0.3, 0.4) is 0 Å². The van der Waals surface area contributed by atoms with Gasteiger partial charge in [-0.1, -0.05) is 6.07 Å². The number of sulfonamides is 1. The van der Waals surface area contributed by atoms with Crippen molar-refractivity contribution >= 4 is 21.4 Å². The van der Waals surface area contributed by atoms with Crippen LogP contribution in [0, 0.1) is 5.92 Å². The zero-order valence-electron chi connectivity index (χ0n) is 9.63. The van der Waals surface area contributed by atoms with Gasteiger partial charge in [-0.25, -0.2) is 13.1 Å². The first-order chi connectivity index (χ1) is 8.07. The van der Waals surface area contributed by atoms with Gasteiger partial charge in [0.1, 0.15) is 0 Å². The third-order valence-corrected chi connectivity index (χ3v) is 5.25. The molecule has 6 heteroatoms. The van der Waals surface area contributed by atoms with Crippen molar-refractivity contribution in [3.8, 4) is 0 Å². The molecule has 0 bridgehead atoms. The van der Waals surface area contributed by atoms with Crippen LogP contribution in [0.2, 0.25) is 0 Å². The van der Waals surface area contributed by atoms with Crippen molar-refractivity contribution in [3.63, 3.8) is 0 Å². The fourth-order valence-corrected chi connectivity index (χ4v) is 3.59. The maximum Gasteiger partial charge on any atom is 0.212 e. The van der Waals surface area contributed by atoms with Gasteiger partial charge in [-0.15, -0.1) is 11.3 Å². The Labute approximate surface area is 106 Å². The number of thiophene rings is 1. The SMILES string of the molecule is NC(CNS(=O)(=O)CCc1cccs1)C1CC1. The standard InChI is InChI=1S/C11H18N2O2S2/c12-11(9-3-4-9)8-13-17(14,15)7-5-10-2-1-6-16-10/h1-2,6,9,11,13H,3-5,7-8,12H2. The zero-order chi connectivity index (χ0) is 12.3. The van der Waals surface area contributed by atoms with Crippen molar-refractivity contribution in [2.24, 2.45) is 11.7 Å². The molecule has 3 N–H and O–H groups in total. The van der Waals surface area contributed by atoms with E-state index in [4.69, 9.17) is 5.73 Å². The fourth-order valence-electron chi connectivity index (χ4n) is 1.68. The normalized spacial score (nSPS) is 18.2. The largest absolute Gasteiger partial charge is 0.326 e. The summed E-state index contributed by atoms with van der Waals surface area (Å²) < 4.78 is 26.0. The van der Waals surface area contributed by atoms with Crippen molar-refractivity contribution < 1.29 is 8.42 Å². The Bertz CT molecular complexity index is 438. The lowest BCUT2D eigenvalue weighted by atomic mass is 10.2. The minimum atomic E-state index is -3.18. The molecule has 0 saturated heterocycles. The van der Waals surface area contributed by atoms with E-state index in [2.05, 4.69) is 4.72 Å². The van der Waals surface area contributed by atoms with E-state index in [-0.39, 0.29) is 11.8 Å². The van der Waals surface area contributed by atoms with Crippen LogP contribution in [-0.4, -0.2) is 26.8 Å². The van der Waals surface area contributed by atoms with Gasteiger partial charge < -0.3 is 5.73 Å². The molecule has 0 radical (unpaired) electrons.